The predicted molar refractivity (Wildman–Crippen MR) is 45.4 cm³/mol. The Labute approximate surface area is 88.0 Å². The topological polar surface area (TPSA) is 17.8 Å². The third-order valence-corrected chi connectivity index (χ3v) is 2.33. The van der Waals surface area contributed by atoms with Crippen molar-refractivity contribution in [1.82, 2.24) is 9.55 Å². The van der Waals surface area contributed by atoms with Gasteiger partial charge in [0.05, 0.1) is 0 Å². The van der Waals surface area contributed by atoms with Gasteiger partial charge in [0.2, 0.25) is 0 Å². The Bertz CT molecular complexity index is 240. The molecule has 0 N–H and O–H groups in total. The average Bonchev–Trinajstić information content (AvgIpc) is 2.36. The summed E-state index contributed by atoms with van der Waals surface area (Å²) >= 11 is 0. The van der Waals surface area contributed by atoms with Gasteiger partial charge in [0.25, 0.3) is 0 Å². The SMILES string of the molecule is CCC(C)(C)c1cn[c-]n1C.[Re]. The largest absolute Gasteiger partial charge is 0.453 e. The second-order valence-electron chi connectivity index (χ2n) is 3.54. The maximum absolute atomic E-state index is 3.97. The summed E-state index contributed by atoms with van der Waals surface area (Å²) in [6, 6.07) is 0. The van der Waals surface area contributed by atoms with Gasteiger partial charge in [-0.15, -0.1) is 11.9 Å². The summed E-state index contributed by atoms with van der Waals surface area (Å²) in [5.74, 6) is 0. The van der Waals surface area contributed by atoms with Crippen molar-refractivity contribution in [3.05, 3.63) is 18.2 Å². The van der Waals surface area contributed by atoms with E-state index in [1.165, 1.54) is 5.69 Å². The number of hydrogen-bond acceptors (Lipinski definition) is 1. The second kappa shape index (κ2) is 4.21. The van der Waals surface area contributed by atoms with E-state index in [0.717, 1.165) is 6.42 Å². The quantitative estimate of drug-likeness (QED) is 0.754. The van der Waals surface area contributed by atoms with Gasteiger partial charge in [0.15, 0.2) is 0 Å². The molecule has 0 spiro atoms. The fourth-order valence-electron chi connectivity index (χ4n) is 1.13. The molecule has 1 radical (unpaired) electrons. The minimum atomic E-state index is 0. The molecule has 1 rings (SSSR count). The van der Waals surface area contributed by atoms with Gasteiger partial charge in [-0.05, 0) is 7.05 Å². The minimum Gasteiger partial charge on any atom is -0.453 e. The summed E-state index contributed by atoms with van der Waals surface area (Å²) in [7, 11) is 1.99. The maximum Gasteiger partial charge on any atom is 0.000429 e. The number of imidazole rings is 1. The van der Waals surface area contributed by atoms with Crippen molar-refractivity contribution in [2.24, 2.45) is 7.05 Å². The molecule has 0 fully saturated rings. The van der Waals surface area contributed by atoms with E-state index >= 15 is 0 Å². The summed E-state index contributed by atoms with van der Waals surface area (Å²) in [6.07, 6.45) is 5.89. The first-order valence-electron chi connectivity index (χ1n) is 3.98. The molecule has 0 saturated heterocycles. The fourth-order valence-corrected chi connectivity index (χ4v) is 1.13. The Balaban J connectivity index is 0.00000121. The molecule has 1 heterocycles. The maximum atomic E-state index is 3.97. The normalized spacial score (nSPS) is 11.0. The van der Waals surface area contributed by atoms with Crippen LogP contribution < -0.4 is 0 Å². The molecule has 69 valence electrons. The summed E-state index contributed by atoms with van der Waals surface area (Å²) in [5.41, 5.74) is 1.47. The Morgan fingerprint density at radius 2 is 2.17 bits per heavy atom. The molecule has 0 aliphatic carbocycles. The molecule has 0 aliphatic heterocycles. The molecule has 1 aromatic heterocycles. The molecule has 1 aromatic rings. The predicted octanol–water partition coefficient (Wildman–Crippen LogP) is 1.91. The molecule has 0 amide bonds. The van der Waals surface area contributed by atoms with Crippen molar-refractivity contribution in [3.8, 4) is 0 Å². The zero-order valence-corrected chi connectivity index (χ0v) is 10.8. The number of hydrogen-bond donors (Lipinski definition) is 0. The van der Waals surface area contributed by atoms with Crippen LogP contribution in [-0.4, -0.2) is 9.55 Å². The van der Waals surface area contributed by atoms with Crippen molar-refractivity contribution >= 4 is 0 Å². The van der Waals surface area contributed by atoms with E-state index in [-0.39, 0.29) is 25.8 Å². The molecular formula is C9H15N2Re-. The van der Waals surface area contributed by atoms with Crippen molar-refractivity contribution in [3.63, 3.8) is 0 Å². The Morgan fingerprint density at radius 3 is 2.50 bits per heavy atom. The van der Waals surface area contributed by atoms with Crippen LogP contribution in [0, 0.1) is 6.33 Å². The van der Waals surface area contributed by atoms with Gasteiger partial charge >= 0.3 is 0 Å². The van der Waals surface area contributed by atoms with E-state index in [9.17, 15) is 0 Å². The van der Waals surface area contributed by atoms with Crippen LogP contribution in [0.25, 0.3) is 0 Å². The average molecular weight is 337 g/mol. The van der Waals surface area contributed by atoms with Gasteiger partial charge in [0.1, 0.15) is 0 Å². The van der Waals surface area contributed by atoms with E-state index in [1.807, 2.05) is 17.8 Å². The van der Waals surface area contributed by atoms with Gasteiger partial charge < -0.3 is 9.55 Å². The molecular weight excluding hydrogens is 322 g/mol. The Kier molecular flexibility index (Phi) is 4.16. The van der Waals surface area contributed by atoms with Crippen molar-refractivity contribution in [2.75, 3.05) is 0 Å². The molecule has 0 aliphatic rings. The Hall–Kier alpha value is -0.128. The zero-order chi connectivity index (χ0) is 8.48. The van der Waals surface area contributed by atoms with E-state index < -0.39 is 0 Å². The first kappa shape index (κ1) is 11.9. The third kappa shape index (κ3) is 2.18. The molecule has 0 unspecified atom stereocenters. The van der Waals surface area contributed by atoms with Crippen LogP contribution in [-0.2, 0) is 32.9 Å². The van der Waals surface area contributed by atoms with Gasteiger partial charge in [-0.25, -0.2) is 0 Å². The first-order valence-corrected chi connectivity index (χ1v) is 3.98. The van der Waals surface area contributed by atoms with Crippen LogP contribution >= 0.6 is 0 Å². The van der Waals surface area contributed by atoms with Crippen LogP contribution in [0.3, 0.4) is 0 Å². The third-order valence-electron chi connectivity index (χ3n) is 2.33. The molecule has 2 nitrogen and oxygen atoms in total. The van der Waals surface area contributed by atoms with Crippen LogP contribution in [0.2, 0.25) is 0 Å². The van der Waals surface area contributed by atoms with Crippen molar-refractivity contribution in [1.29, 1.82) is 0 Å². The van der Waals surface area contributed by atoms with Gasteiger partial charge in [-0.3, -0.25) is 0 Å². The molecule has 0 bridgehead atoms. The minimum absolute atomic E-state index is 0. The van der Waals surface area contributed by atoms with Gasteiger partial charge in [0, 0.05) is 26.8 Å². The number of rotatable bonds is 2. The smallest absolute Gasteiger partial charge is 0.000429 e. The monoisotopic (exact) mass is 338 g/mol. The Morgan fingerprint density at radius 1 is 1.58 bits per heavy atom. The van der Waals surface area contributed by atoms with Crippen molar-refractivity contribution in [2.45, 2.75) is 32.6 Å². The van der Waals surface area contributed by atoms with Crippen LogP contribution in [0.15, 0.2) is 6.20 Å². The van der Waals surface area contributed by atoms with Gasteiger partial charge in [-0.1, -0.05) is 32.6 Å². The second-order valence-corrected chi connectivity index (χ2v) is 3.54. The van der Waals surface area contributed by atoms with Crippen LogP contribution in [0.5, 0.6) is 0 Å². The molecule has 12 heavy (non-hydrogen) atoms. The molecule has 0 aromatic carbocycles. The molecule has 0 atom stereocenters. The van der Waals surface area contributed by atoms with Crippen LogP contribution in [0.4, 0.5) is 0 Å². The van der Waals surface area contributed by atoms with E-state index in [1.54, 1.807) is 0 Å². The van der Waals surface area contributed by atoms with E-state index in [2.05, 4.69) is 32.1 Å². The zero-order valence-electron chi connectivity index (χ0n) is 8.06. The van der Waals surface area contributed by atoms with E-state index in [0.29, 0.717) is 0 Å². The fraction of sp³-hybridized carbons (Fsp3) is 0.667. The summed E-state index contributed by atoms with van der Waals surface area (Å²) in [5, 5.41) is 0. The summed E-state index contributed by atoms with van der Waals surface area (Å²) in [4.78, 5) is 3.97. The number of nitrogens with zero attached hydrogens (tertiary/aromatic N) is 2. The standard InChI is InChI=1S/C9H15N2.Re/c1-5-9(2,3)8-6-10-7-11(8)4;/h6H,5H2,1-4H3;/q-1;. The first-order chi connectivity index (χ1) is 5.08. The summed E-state index contributed by atoms with van der Waals surface area (Å²) in [6.45, 7) is 6.63. The summed E-state index contributed by atoms with van der Waals surface area (Å²) < 4.78 is 1.96. The number of aryl methyl sites for hydroxylation is 1. The van der Waals surface area contributed by atoms with Crippen LogP contribution in [0.1, 0.15) is 32.9 Å². The van der Waals surface area contributed by atoms with Crippen molar-refractivity contribution < 1.29 is 20.4 Å². The van der Waals surface area contributed by atoms with Gasteiger partial charge in [-0.2, -0.15) is 0 Å². The van der Waals surface area contributed by atoms with E-state index in [4.69, 9.17) is 0 Å². The molecule has 3 heteroatoms. The number of aromatic nitrogens is 2. The molecule has 0 saturated carbocycles.